The molecule has 0 aromatic carbocycles. The van der Waals surface area contributed by atoms with Gasteiger partial charge < -0.3 is 10.6 Å². The topological polar surface area (TPSA) is 41.1 Å². The van der Waals surface area contributed by atoms with Crippen molar-refractivity contribution >= 4 is 6.03 Å². The highest BCUT2D eigenvalue weighted by molar-refractivity contribution is 5.74. The lowest BCUT2D eigenvalue weighted by atomic mass is 10.1. The SMILES string of the molecule is CCCCNC(=O)NC(CC)CC1CC1. The molecule has 0 saturated heterocycles. The Bertz CT molecular complexity index is 190. The molecule has 88 valence electrons. The zero-order valence-corrected chi connectivity index (χ0v) is 10.0. The van der Waals surface area contributed by atoms with Crippen LogP contribution in [0.15, 0.2) is 0 Å². The van der Waals surface area contributed by atoms with E-state index in [4.69, 9.17) is 0 Å². The Hall–Kier alpha value is -0.730. The maximum absolute atomic E-state index is 11.5. The number of nitrogens with one attached hydrogen (secondary N) is 2. The van der Waals surface area contributed by atoms with Crippen LogP contribution >= 0.6 is 0 Å². The number of unbranched alkanes of at least 4 members (excludes halogenated alkanes) is 1. The largest absolute Gasteiger partial charge is 0.338 e. The highest BCUT2D eigenvalue weighted by Crippen LogP contribution is 2.33. The fraction of sp³-hybridized carbons (Fsp3) is 0.917. The lowest BCUT2D eigenvalue weighted by Crippen LogP contribution is -2.42. The van der Waals surface area contributed by atoms with E-state index < -0.39 is 0 Å². The molecule has 1 rings (SSSR count). The normalized spacial score (nSPS) is 17.2. The summed E-state index contributed by atoms with van der Waals surface area (Å²) in [6.45, 7) is 5.06. The molecule has 0 bridgehead atoms. The van der Waals surface area contributed by atoms with Crippen molar-refractivity contribution in [2.24, 2.45) is 5.92 Å². The molecule has 1 unspecified atom stereocenters. The van der Waals surface area contributed by atoms with Crippen LogP contribution in [0, 0.1) is 5.92 Å². The van der Waals surface area contributed by atoms with Gasteiger partial charge in [0.25, 0.3) is 0 Å². The van der Waals surface area contributed by atoms with Crippen molar-refractivity contribution < 1.29 is 4.79 Å². The van der Waals surface area contributed by atoms with E-state index in [-0.39, 0.29) is 6.03 Å². The standard InChI is InChI=1S/C12H24N2O/c1-3-5-8-13-12(15)14-11(4-2)9-10-6-7-10/h10-11H,3-9H2,1-2H3,(H2,13,14,15). The van der Waals surface area contributed by atoms with Crippen LogP contribution in [0.4, 0.5) is 4.79 Å². The molecule has 3 nitrogen and oxygen atoms in total. The molecule has 1 aliphatic rings. The highest BCUT2D eigenvalue weighted by Gasteiger charge is 2.25. The van der Waals surface area contributed by atoms with E-state index in [2.05, 4.69) is 24.5 Å². The van der Waals surface area contributed by atoms with Gasteiger partial charge >= 0.3 is 6.03 Å². The Labute approximate surface area is 93.0 Å². The van der Waals surface area contributed by atoms with E-state index >= 15 is 0 Å². The van der Waals surface area contributed by atoms with Crippen LogP contribution in [0.5, 0.6) is 0 Å². The number of hydrogen-bond donors (Lipinski definition) is 2. The van der Waals surface area contributed by atoms with Crippen molar-refractivity contribution in [1.29, 1.82) is 0 Å². The van der Waals surface area contributed by atoms with Gasteiger partial charge in [-0.25, -0.2) is 4.79 Å². The monoisotopic (exact) mass is 212 g/mol. The summed E-state index contributed by atoms with van der Waals surface area (Å²) < 4.78 is 0. The minimum Gasteiger partial charge on any atom is -0.338 e. The number of carbonyl (C=O) groups is 1. The number of hydrogen-bond acceptors (Lipinski definition) is 1. The number of amides is 2. The molecular formula is C12H24N2O. The van der Waals surface area contributed by atoms with Crippen molar-refractivity contribution in [3.63, 3.8) is 0 Å². The Morgan fingerprint density at radius 2 is 2.13 bits per heavy atom. The molecule has 2 amide bonds. The molecule has 3 heteroatoms. The van der Waals surface area contributed by atoms with Crippen LogP contribution in [-0.2, 0) is 0 Å². The summed E-state index contributed by atoms with van der Waals surface area (Å²) in [5, 5.41) is 5.94. The smallest absolute Gasteiger partial charge is 0.315 e. The summed E-state index contributed by atoms with van der Waals surface area (Å²) in [7, 11) is 0. The van der Waals surface area contributed by atoms with Crippen molar-refractivity contribution in [2.75, 3.05) is 6.54 Å². The molecule has 1 atom stereocenters. The molecule has 1 fully saturated rings. The van der Waals surface area contributed by atoms with Gasteiger partial charge in [-0.15, -0.1) is 0 Å². The first kappa shape index (κ1) is 12.3. The first-order valence-electron chi connectivity index (χ1n) is 6.30. The summed E-state index contributed by atoms with van der Waals surface area (Å²) in [6.07, 6.45) is 7.10. The fourth-order valence-electron chi connectivity index (χ4n) is 1.70. The first-order chi connectivity index (χ1) is 7.26. The van der Waals surface area contributed by atoms with Gasteiger partial charge in [0, 0.05) is 12.6 Å². The minimum absolute atomic E-state index is 0.0101. The number of urea groups is 1. The summed E-state index contributed by atoms with van der Waals surface area (Å²) in [4.78, 5) is 11.5. The summed E-state index contributed by atoms with van der Waals surface area (Å²) in [5.74, 6) is 0.880. The summed E-state index contributed by atoms with van der Waals surface area (Å²) >= 11 is 0. The van der Waals surface area contributed by atoms with E-state index in [1.165, 1.54) is 12.8 Å². The molecule has 0 spiro atoms. The maximum Gasteiger partial charge on any atom is 0.315 e. The molecule has 15 heavy (non-hydrogen) atoms. The zero-order chi connectivity index (χ0) is 11.1. The number of rotatable bonds is 7. The van der Waals surface area contributed by atoms with E-state index in [0.29, 0.717) is 6.04 Å². The number of carbonyl (C=O) groups excluding carboxylic acids is 1. The third-order valence-electron chi connectivity index (χ3n) is 2.96. The van der Waals surface area contributed by atoms with Gasteiger partial charge in [-0.05, 0) is 25.2 Å². The second-order valence-corrected chi connectivity index (χ2v) is 4.54. The molecule has 0 heterocycles. The Kier molecular flexibility index (Phi) is 5.51. The Balaban J connectivity index is 2.09. The van der Waals surface area contributed by atoms with Crippen molar-refractivity contribution in [2.45, 2.75) is 58.4 Å². The van der Waals surface area contributed by atoms with Crippen LogP contribution in [-0.4, -0.2) is 18.6 Å². The lowest BCUT2D eigenvalue weighted by Gasteiger charge is -2.17. The predicted molar refractivity (Wildman–Crippen MR) is 62.9 cm³/mol. The summed E-state index contributed by atoms with van der Waals surface area (Å²) in [6, 6.07) is 0.384. The van der Waals surface area contributed by atoms with Crippen LogP contribution in [0.25, 0.3) is 0 Å². The Morgan fingerprint density at radius 1 is 1.40 bits per heavy atom. The van der Waals surface area contributed by atoms with Gasteiger partial charge in [-0.1, -0.05) is 33.1 Å². The maximum atomic E-state index is 11.5. The third kappa shape index (κ3) is 5.65. The highest BCUT2D eigenvalue weighted by atomic mass is 16.2. The van der Waals surface area contributed by atoms with E-state index in [1.54, 1.807) is 0 Å². The van der Waals surface area contributed by atoms with Crippen LogP contribution in [0.3, 0.4) is 0 Å². The van der Waals surface area contributed by atoms with Crippen molar-refractivity contribution in [3.8, 4) is 0 Å². The van der Waals surface area contributed by atoms with Crippen LogP contribution in [0.1, 0.15) is 52.4 Å². The van der Waals surface area contributed by atoms with Crippen molar-refractivity contribution in [3.05, 3.63) is 0 Å². The van der Waals surface area contributed by atoms with Gasteiger partial charge in [0.2, 0.25) is 0 Å². The molecule has 2 N–H and O–H groups in total. The van der Waals surface area contributed by atoms with Crippen molar-refractivity contribution in [1.82, 2.24) is 10.6 Å². The van der Waals surface area contributed by atoms with Gasteiger partial charge in [-0.2, -0.15) is 0 Å². The molecular weight excluding hydrogens is 188 g/mol. The first-order valence-corrected chi connectivity index (χ1v) is 6.30. The van der Waals surface area contributed by atoms with Gasteiger partial charge in [0.1, 0.15) is 0 Å². The molecule has 0 aliphatic heterocycles. The molecule has 1 saturated carbocycles. The average molecular weight is 212 g/mol. The lowest BCUT2D eigenvalue weighted by molar-refractivity contribution is 0.235. The zero-order valence-electron chi connectivity index (χ0n) is 10.0. The average Bonchev–Trinajstić information content (AvgIpc) is 3.01. The summed E-state index contributed by atoms with van der Waals surface area (Å²) in [5.41, 5.74) is 0. The fourth-order valence-corrected chi connectivity index (χ4v) is 1.70. The predicted octanol–water partition coefficient (Wildman–Crippen LogP) is 2.66. The van der Waals surface area contributed by atoms with Crippen LogP contribution in [0.2, 0.25) is 0 Å². The Morgan fingerprint density at radius 3 is 2.67 bits per heavy atom. The molecule has 0 radical (unpaired) electrons. The van der Waals surface area contributed by atoms with E-state index in [1.807, 2.05) is 0 Å². The molecule has 0 aromatic rings. The van der Waals surface area contributed by atoms with Crippen LogP contribution < -0.4 is 10.6 Å². The van der Waals surface area contributed by atoms with Gasteiger partial charge in [0.15, 0.2) is 0 Å². The second-order valence-electron chi connectivity index (χ2n) is 4.54. The minimum atomic E-state index is 0.0101. The second kappa shape index (κ2) is 6.70. The van der Waals surface area contributed by atoms with Gasteiger partial charge in [0.05, 0.1) is 0 Å². The van der Waals surface area contributed by atoms with Gasteiger partial charge in [-0.3, -0.25) is 0 Å². The van der Waals surface area contributed by atoms with E-state index in [9.17, 15) is 4.79 Å². The third-order valence-corrected chi connectivity index (χ3v) is 2.96. The van der Waals surface area contributed by atoms with E-state index in [0.717, 1.165) is 38.1 Å². The molecule has 0 aromatic heterocycles. The quantitative estimate of drug-likeness (QED) is 0.626. The molecule has 1 aliphatic carbocycles.